The molecule has 1 heterocycles. The van der Waals surface area contributed by atoms with Gasteiger partial charge in [-0.3, -0.25) is 9.78 Å². The second kappa shape index (κ2) is 5.41. The molecule has 0 bridgehead atoms. The van der Waals surface area contributed by atoms with Crippen LogP contribution in [-0.4, -0.2) is 24.6 Å². The fraction of sp³-hybridized carbons (Fsp3) is 0.231. The van der Waals surface area contributed by atoms with E-state index in [4.69, 9.17) is 4.74 Å². The van der Waals surface area contributed by atoms with Crippen molar-refractivity contribution in [3.8, 4) is 0 Å². The highest BCUT2D eigenvalue weighted by molar-refractivity contribution is 5.79. The molecule has 4 nitrogen and oxygen atoms in total. The Morgan fingerprint density at radius 3 is 2.94 bits per heavy atom. The fourth-order valence-corrected chi connectivity index (χ4v) is 1.58. The van der Waals surface area contributed by atoms with Gasteiger partial charge in [0.2, 0.25) is 5.91 Å². The third-order valence-electron chi connectivity index (χ3n) is 2.40. The topological polar surface area (TPSA) is 51.2 Å². The summed E-state index contributed by atoms with van der Waals surface area (Å²) in [5, 5.41) is 3.83. The second-order valence-electron chi connectivity index (χ2n) is 3.71. The van der Waals surface area contributed by atoms with Gasteiger partial charge in [-0.15, -0.1) is 0 Å². The standard InChI is InChI=1S/C13H14N2O2/c1-17-9-13(16)14-8-11-7-6-10-4-2-3-5-12(10)15-11/h2-7H,8-9H2,1H3,(H,14,16). The van der Waals surface area contributed by atoms with Crippen LogP contribution in [-0.2, 0) is 16.1 Å². The van der Waals surface area contributed by atoms with E-state index in [2.05, 4.69) is 10.3 Å². The molecule has 1 aromatic carbocycles. The number of hydrogen-bond acceptors (Lipinski definition) is 3. The molecule has 0 spiro atoms. The molecule has 17 heavy (non-hydrogen) atoms. The van der Waals surface area contributed by atoms with E-state index in [1.807, 2.05) is 36.4 Å². The Bertz CT molecular complexity index is 526. The van der Waals surface area contributed by atoms with Gasteiger partial charge in [0.1, 0.15) is 6.61 Å². The molecule has 2 rings (SSSR count). The summed E-state index contributed by atoms with van der Waals surface area (Å²) in [6, 6.07) is 11.8. The van der Waals surface area contributed by atoms with E-state index in [-0.39, 0.29) is 12.5 Å². The van der Waals surface area contributed by atoms with Gasteiger partial charge in [0, 0.05) is 12.5 Å². The zero-order valence-corrected chi connectivity index (χ0v) is 9.64. The minimum atomic E-state index is -0.137. The Balaban J connectivity index is 2.06. The van der Waals surface area contributed by atoms with Gasteiger partial charge in [0.25, 0.3) is 0 Å². The first-order valence-electron chi connectivity index (χ1n) is 5.40. The third kappa shape index (κ3) is 3.01. The second-order valence-corrected chi connectivity index (χ2v) is 3.71. The minimum Gasteiger partial charge on any atom is -0.375 e. The van der Waals surface area contributed by atoms with Gasteiger partial charge in [0.15, 0.2) is 0 Å². The average molecular weight is 230 g/mol. The lowest BCUT2D eigenvalue weighted by Gasteiger charge is -2.05. The van der Waals surface area contributed by atoms with Gasteiger partial charge in [-0.2, -0.15) is 0 Å². The predicted octanol–water partition coefficient (Wildman–Crippen LogP) is 1.50. The number of carbonyl (C=O) groups is 1. The first-order chi connectivity index (χ1) is 8.29. The Labute approximate surface area is 99.6 Å². The number of benzene rings is 1. The average Bonchev–Trinajstić information content (AvgIpc) is 2.36. The monoisotopic (exact) mass is 230 g/mol. The van der Waals surface area contributed by atoms with Crippen LogP contribution in [0.25, 0.3) is 10.9 Å². The predicted molar refractivity (Wildman–Crippen MR) is 65.5 cm³/mol. The lowest BCUT2D eigenvalue weighted by Crippen LogP contribution is -2.26. The molecule has 0 saturated carbocycles. The third-order valence-corrected chi connectivity index (χ3v) is 2.40. The Kier molecular flexibility index (Phi) is 3.67. The highest BCUT2D eigenvalue weighted by Crippen LogP contribution is 2.11. The van der Waals surface area contributed by atoms with Crippen LogP contribution in [0.3, 0.4) is 0 Å². The van der Waals surface area contributed by atoms with Crippen LogP contribution in [0.5, 0.6) is 0 Å². The molecular formula is C13H14N2O2. The summed E-state index contributed by atoms with van der Waals surface area (Å²) < 4.78 is 4.73. The molecule has 0 radical (unpaired) electrons. The summed E-state index contributed by atoms with van der Waals surface area (Å²) in [5.74, 6) is -0.137. The molecule has 1 amide bonds. The smallest absolute Gasteiger partial charge is 0.246 e. The number of rotatable bonds is 4. The number of nitrogens with zero attached hydrogens (tertiary/aromatic N) is 1. The van der Waals surface area contributed by atoms with Gasteiger partial charge < -0.3 is 10.1 Å². The molecule has 0 aliphatic heterocycles. The summed E-state index contributed by atoms with van der Waals surface area (Å²) in [5.41, 5.74) is 1.78. The van der Waals surface area contributed by atoms with Crippen molar-refractivity contribution in [3.05, 3.63) is 42.1 Å². The van der Waals surface area contributed by atoms with Gasteiger partial charge >= 0.3 is 0 Å². The normalized spacial score (nSPS) is 10.4. The van der Waals surface area contributed by atoms with Crippen LogP contribution in [0, 0.1) is 0 Å². The quantitative estimate of drug-likeness (QED) is 0.866. The molecule has 1 N–H and O–H groups in total. The number of ether oxygens (including phenoxy) is 1. The maximum Gasteiger partial charge on any atom is 0.246 e. The van der Waals surface area contributed by atoms with Gasteiger partial charge in [-0.05, 0) is 12.1 Å². The van der Waals surface area contributed by atoms with Crippen LogP contribution in [0.4, 0.5) is 0 Å². The number of nitrogens with one attached hydrogen (secondary N) is 1. The molecule has 2 aromatic rings. The maximum atomic E-state index is 11.2. The zero-order valence-electron chi connectivity index (χ0n) is 9.64. The van der Waals surface area contributed by atoms with Crippen molar-refractivity contribution < 1.29 is 9.53 Å². The Hall–Kier alpha value is -1.94. The fourth-order valence-electron chi connectivity index (χ4n) is 1.58. The van der Waals surface area contributed by atoms with E-state index in [1.165, 1.54) is 7.11 Å². The number of aromatic nitrogens is 1. The number of methoxy groups -OCH3 is 1. The summed E-state index contributed by atoms with van der Waals surface area (Å²) in [6.45, 7) is 0.501. The summed E-state index contributed by atoms with van der Waals surface area (Å²) in [7, 11) is 1.49. The highest BCUT2D eigenvalue weighted by Gasteiger charge is 2.01. The van der Waals surface area contributed by atoms with Crippen LogP contribution >= 0.6 is 0 Å². The van der Waals surface area contributed by atoms with Crippen molar-refractivity contribution in [2.45, 2.75) is 6.54 Å². The van der Waals surface area contributed by atoms with E-state index < -0.39 is 0 Å². The van der Waals surface area contributed by atoms with E-state index in [0.29, 0.717) is 6.54 Å². The number of para-hydroxylation sites is 1. The molecule has 0 aliphatic rings. The molecule has 0 unspecified atom stereocenters. The van der Waals surface area contributed by atoms with Gasteiger partial charge in [0.05, 0.1) is 17.8 Å². The molecule has 0 fully saturated rings. The van der Waals surface area contributed by atoms with Crippen molar-refractivity contribution in [1.82, 2.24) is 10.3 Å². The Morgan fingerprint density at radius 2 is 2.12 bits per heavy atom. The van der Waals surface area contributed by atoms with E-state index >= 15 is 0 Å². The van der Waals surface area contributed by atoms with Crippen molar-refractivity contribution in [2.75, 3.05) is 13.7 Å². The minimum absolute atomic E-state index is 0.0770. The molecule has 0 saturated heterocycles. The maximum absolute atomic E-state index is 11.2. The van der Waals surface area contributed by atoms with Crippen LogP contribution in [0.15, 0.2) is 36.4 Å². The largest absolute Gasteiger partial charge is 0.375 e. The Morgan fingerprint density at radius 1 is 1.29 bits per heavy atom. The molecule has 88 valence electrons. The molecular weight excluding hydrogens is 216 g/mol. The summed E-state index contributed by atoms with van der Waals surface area (Å²) >= 11 is 0. The van der Waals surface area contributed by atoms with Crippen molar-refractivity contribution >= 4 is 16.8 Å². The van der Waals surface area contributed by atoms with Gasteiger partial charge in [-0.25, -0.2) is 0 Å². The lowest BCUT2D eigenvalue weighted by atomic mass is 10.2. The number of amides is 1. The molecule has 4 heteroatoms. The lowest BCUT2D eigenvalue weighted by molar-refractivity contribution is -0.124. The van der Waals surface area contributed by atoms with Crippen molar-refractivity contribution in [1.29, 1.82) is 0 Å². The van der Waals surface area contributed by atoms with E-state index in [1.54, 1.807) is 0 Å². The van der Waals surface area contributed by atoms with Crippen LogP contribution in [0.1, 0.15) is 5.69 Å². The number of carbonyl (C=O) groups excluding carboxylic acids is 1. The SMILES string of the molecule is COCC(=O)NCc1ccc2ccccc2n1. The zero-order chi connectivity index (χ0) is 12.1. The summed E-state index contributed by atoms with van der Waals surface area (Å²) in [6.07, 6.45) is 0. The van der Waals surface area contributed by atoms with E-state index in [9.17, 15) is 4.79 Å². The number of fused-ring (bicyclic) bond motifs is 1. The number of hydrogen-bond donors (Lipinski definition) is 1. The molecule has 1 aromatic heterocycles. The highest BCUT2D eigenvalue weighted by atomic mass is 16.5. The van der Waals surface area contributed by atoms with Crippen LogP contribution < -0.4 is 5.32 Å². The van der Waals surface area contributed by atoms with Gasteiger partial charge in [-0.1, -0.05) is 24.3 Å². The first kappa shape index (κ1) is 11.5. The van der Waals surface area contributed by atoms with E-state index in [0.717, 1.165) is 16.6 Å². The van der Waals surface area contributed by atoms with Crippen LogP contribution in [0.2, 0.25) is 0 Å². The molecule has 0 atom stereocenters. The summed E-state index contributed by atoms with van der Waals surface area (Å²) in [4.78, 5) is 15.7. The van der Waals surface area contributed by atoms with Crippen molar-refractivity contribution in [3.63, 3.8) is 0 Å². The number of pyridine rings is 1. The van der Waals surface area contributed by atoms with Crippen molar-refractivity contribution in [2.24, 2.45) is 0 Å². The first-order valence-corrected chi connectivity index (χ1v) is 5.40. The molecule has 0 aliphatic carbocycles.